The molecule has 0 bridgehead atoms. The fourth-order valence-corrected chi connectivity index (χ4v) is 1.97. The molecule has 1 N–H and O–H groups in total. The lowest BCUT2D eigenvalue weighted by atomic mass is 10.2. The van der Waals surface area contributed by atoms with E-state index in [9.17, 15) is 4.79 Å². The Morgan fingerprint density at radius 2 is 1.74 bits per heavy atom. The van der Waals surface area contributed by atoms with E-state index in [0.717, 1.165) is 11.0 Å². The molecule has 4 nitrogen and oxygen atoms in total. The number of benzene rings is 2. The molecule has 0 radical (unpaired) electrons. The number of hydrogen-bond acceptors (Lipinski definition) is 2. The molecule has 0 aliphatic rings. The van der Waals surface area contributed by atoms with Crippen LogP contribution in [0, 0.1) is 0 Å². The lowest BCUT2D eigenvalue weighted by molar-refractivity contribution is 0.0992. The van der Waals surface area contributed by atoms with E-state index < -0.39 is 0 Å². The van der Waals surface area contributed by atoms with Gasteiger partial charge in [0.05, 0.1) is 11.0 Å². The van der Waals surface area contributed by atoms with E-state index in [1.54, 1.807) is 19.2 Å². The average Bonchev–Trinajstić information content (AvgIpc) is 2.90. The zero-order valence-electron chi connectivity index (χ0n) is 10.5. The van der Waals surface area contributed by atoms with Crippen LogP contribution < -0.4 is 4.90 Å². The summed E-state index contributed by atoms with van der Waals surface area (Å²) in [4.78, 5) is 21.4. The molecule has 1 aromatic heterocycles. The molecule has 1 heterocycles. The minimum absolute atomic E-state index is 0.0837. The summed E-state index contributed by atoms with van der Waals surface area (Å²) < 4.78 is 0. The lowest BCUT2D eigenvalue weighted by Crippen LogP contribution is -2.27. The Morgan fingerprint density at radius 1 is 1.05 bits per heavy atom. The summed E-state index contributed by atoms with van der Waals surface area (Å²) in [7, 11) is 1.72. The van der Waals surface area contributed by atoms with Crippen molar-refractivity contribution < 1.29 is 4.79 Å². The largest absolute Gasteiger partial charge is 0.324 e. The summed E-state index contributed by atoms with van der Waals surface area (Å²) in [6.45, 7) is 0. The van der Waals surface area contributed by atoms with Gasteiger partial charge in [0.1, 0.15) is 0 Å². The van der Waals surface area contributed by atoms with Gasteiger partial charge in [-0.1, -0.05) is 30.3 Å². The second-order valence-electron chi connectivity index (χ2n) is 4.31. The average molecular weight is 251 g/mol. The first-order valence-electron chi connectivity index (χ1n) is 6.03. The quantitative estimate of drug-likeness (QED) is 0.761. The summed E-state index contributed by atoms with van der Waals surface area (Å²) in [6, 6.07) is 16.9. The third-order valence-corrected chi connectivity index (χ3v) is 3.02. The Hall–Kier alpha value is -2.62. The molecule has 0 saturated carbocycles. The second kappa shape index (κ2) is 4.57. The van der Waals surface area contributed by atoms with Crippen molar-refractivity contribution in [3.05, 3.63) is 60.2 Å². The first-order valence-corrected chi connectivity index (χ1v) is 6.03. The Bertz CT molecular complexity index is 685. The smallest absolute Gasteiger partial charge is 0.260 e. The van der Waals surface area contributed by atoms with Crippen molar-refractivity contribution in [1.82, 2.24) is 9.97 Å². The molecule has 19 heavy (non-hydrogen) atoms. The molecule has 4 heteroatoms. The Balaban J connectivity index is 1.95. The van der Waals surface area contributed by atoms with Crippen LogP contribution in [0.4, 0.5) is 5.95 Å². The SMILES string of the molecule is CN(C(=O)c1ccccc1)c1nc2ccccc2[nH]1. The number of fused-ring (bicyclic) bond motifs is 1. The molecule has 0 atom stereocenters. The number of imidazole rings is 1. The van der Waals surface area contributed by atoms with Gasteiger partial charge >= 0.3 is 0 Å². The van der Waals surface area contributed by atoms with Crippen molar-refractivity contribution in [3.8, 4) is 0 Å². The number of nitrogens with zero attached hydrogens (tertiary/aromatic N) is 2. The van der Waals surface area contributed by atoms with E-state index in [4.69, 9.17) is 0 Å². The van der Waals surface area contributed by atoms with Crippen LogP contribution in [0.25, 0.3) is 11.0 Å². The molecule has 2 aromatic carbocycles. The van der Waals surface area contributed by atoms with Gasteiger partial charge < -0.3 is 4.98 Å². The third-order valence-electron chi connectivity index (χ3n) is 3.02. The number of carbonyl (C=O) groups excluding carboxylic acids is 1. The Labute approximate surface area is 110 Å². The van der Waals surface area contributed by atoms with E-state index >= 15 is 0 Å². The molecule has 0 saturated heterocycles. The first kappa shape index (κ1) is 11.5. The van der Waals surface area contributed by atoms with Crippen molar-refractivity contribution >= 4 is 22.9 Å². The number of rotatable bonds is 2. The van der Waals surface area contributed by atoms with Crippen molar-refractivity contribution in [2.45, 2.75) is 0 Å². The summed E-state index contributed by atoms with van der Waals surface area (Å²) in [5.74, 6) is 0.467. The zero-order valence-corrected chi connectivity index (χ0v) is 10.5. The lowest BCUT2D eigenvalue weighted by Gasteiger charge is -2.13. The van der Waals surface area contributed by atoms with Crippen molar-refractivity contribution in [2.75, 3.05) is 11.9 Å². The van der Waals surface area contributed by atoms with Gasteiger partial charge in [0.2, 0.25) is 5.95 Å². The third kappa shape index (κ3) is 2.08. The number of amides is 1. The van der Waals surface area contributed by atoms with Crippen molar-refractivity contribution in [3.63, 3.8) is 0 Å². The van der Waals surface area contributed by atoms with Crippen molar-refractivity contribution in [1.29, 1.82) is 0 Å². The van der Waals surface area contributed by atoms with Gasteiger partial charge in [-0.2, -0.15) is 0 Å². The highest BCUT2D eigenvalue weighted by atomic mass is 16.2. The number of anilines is 1. The van der Waals surface area contributed by atoms with Gasteiger partial charge in [-0.3, -0.25) is 9.69 Å². The number of hydrogen-bond donors (Lipinski definition) is 1. The number of aromatic nitrogens is 2. The Morgan fingerprint density at radius 3 is 2.47 bits per heavy atom. The summed E-state index contributed by atoms with van der Waals surface area (Å²) in [6.07, 6.45) is 0. The molecule has 1 amide bonds. The Kier molecular flexibility index (Phi) is 2.76. The van der Waals surface area contributed by atoms with E-state index in [1.165, 1.54) is 4.90 Å². The summed E-state index contributed by atoms with van der Waals surface area (Å²) in [5.41, 5.74) is 2.42. The normalized spacial score (nSPS) is 10.6. The van der Waals surface area contributed by atoms with E-state index in [-0.39, 0.29) is 5.91 Å². The molecule has 3 rings (SSSR count). The molecule has 3 aromatic rings. The van der Waals surface area contributed by atoms with Crippen LogP contribution in [0.1, 0.15) is 10.4 Å². The van der Waals surface area contributed by atoms with Crippen LogP contribution in [0.5, 0.6) is 0 Å². The molecular weight excluding hydrogens is 238 g/mol. The summed E-state index contributed by atoms with van der Waals surface area (Å²) >= 11 is 0. The number of para-hydroxylation sites is 2. The van der Waals surface area contributed by atoms with E-state index in [1.807, 2.05) is 42.5 Å². The molecule has 0 aliphatic carbocycles. The fraction of sp³-hybridized carbons (Fsp3) is 0.0667. The number of nitrogens with one attached hydrogen (secondary N) is 1. The minimum atomic E-state index is -0.0837. The fourth-order valence-electron chi connectivity index (χ4n) is 1.97. The zero-order chi connectivity index (χ0) is 13.2. The monoisotopic (exact) mass is 251 g/mol. The topological polar surface area (TPSA) is 49.0 Å². The minimum Gasteiger partial charge on any atom is -0.324 e. The van der Waals surface area contributed by atoms with Crippen molar-refractivity contribution in [2.24, 2.45) is 0 Å². The molecule has 94 valence electrons. The van der Waals surface area contributed by atoms with Crippen LogP contribution in [-0.2, 0) is 0 Å². The predicted molar refractivity (Wildman–Crippen MR) is 75.3 cm³/mol. The van der Waals surface area contributed by atoms with Crippen LogP contribution in [0.3, 0.4) is 0 Å². The van der Waals surface area contributed by atoms with Gasteiger partial charge in [0.25, 0.3) is 5.91 Å². The molecular formula is C15H13N3O. The number of H-pyrrole nitrogens is 1. The van der Waals surface area contributed by atoms with Crippen LogP contribution in [0.15, 0.2) is 54.6 Å². The maximum atomic E-state index is 12.3. The highest BCUT2D eigenvalue weighted by Gasteiger charge is 2.16. The standard InChI is InChI=1S/C15H13N3O/c1-18(14(19)11-7-3-2-4-8-11)15-16-12-9-5-6-10-13(12)17-15/h2-10H,1H3,(H,16,17). The number of carbonyl (C=O) groups is 1. The molecule has 0 unspecified atom stereocenters. The van der Waals surface area contributed by atoms with Gasteiger partial charge in [-0.05, 0) is 24.3 Å². The van der Waals surface area contributed by atoms with Gasteiger partial charge in [0.15, 0.2) is 0 Å². The van der Waals surface area contributed by atoms with Gasteiger partial charge in [0, 0.05) is 12.6 Å². The van der Waals surface area contributed by atoms with E-state index in [2.05, 4.69) is 9.97 Å². The maximum Gasteiger partial charge on any atom is 0.260 e. The highest BCUT2D eigenvalue weighted by molar-refractivity contribution is 6.05. The predicted octanol–water partition coefficient (Wildman–Crippen LogP) is 2.84. The van der Waals surface area contributed by atoms with E-state index in [0.29, 0.717) is 11.5 Å². The second-order valence-corrected chi connectivity index (χ2v) is 4.31. The van der Waals surface area contributed by atoms with Crippen LogP contribution in [0.2, 0.25) is 0 Å². The number of aromatic amines is 1. The maximum absolute atomic E-state index is 12.3. The highest BCUT2D eigenvalue weighted by Crippen LogP contribution is 2.17. The van der Waals surface area contributed by atoms with Gasteiger partial charge in [-0.15, -0.1) is 0 Å². The molecule has 0 aliphatic heterocycles. The summed E-state index contributed by atoms with van der Waals surface area (Å²) in [5, 5.41) is 0. The molecule has 0 spiro atoms. The van der Waals surface area contributed by atoms with Crippen LogP contribution in [-0.4, -0.2) is 22.9 Å². The first-order chi connectivity index (χ1) is 9.25. The van der Waals surface area contributed by atoms with Crippen LogP contribution >= 0.6 is 0 Å². The van der Waals surface area contributed by atoms with Gasteiger partial charge in [-0.25, -0.2) is 4.98 Å². The molecule has 0 fully saturated rings.